The molecule has 2 unspecified atom stereocenters. The van der Waals surface area contributed by atoms with E-state index in [9.17, 15) is 15.0 Å². The maximum absolute atomic E-state index is 12.5. The molecular weight excluding hydrogens is 771 g/mol. The van der Waals surface area contributed by atoms with Gasteiger partial charge in [0.2, 0.25) is 5.91 Å². The van der Waals surface area contributed by atoms with Gasteiger partial charge in [-0.15, -0.1) is 0 Å². The number of aliphatic hydroxyl groups excluding tert-OH is 2. The second-order valence-electron chi connectivity index (χ2n) is 19.0. The van der Waals surface area contributed by atoms with Crippen LogP contribution < -0.4 is 5.32 Å². The van der Waals surface area contributed by atoms with E-state index >= 15 is 0 Å². The van der Waals surface area contributed by atoms with E-state index in [1.165, 1.54) is 218 Å². The minimum absolute atomic E-state index is 0.0609. The van der Waals surface area contributed by atoms with E-state index in [2.05, 4.69) is 67.8 Å². The van der Waals surface area contributed by atoms with Gasteiger partial charge in [-0.3, -0.25) is 4.79 Å². The van der Waals surface area contributed by atoms with Gasteiger partial charge in [-0.05, 0) is 57.8 Å². The lowest BCUT2D eigenvalue weighted by atomic mass is 10.0. The van der Waals surface area contributed by atoms with E-state index in [1.807, 2.05) is 6.08 Å². The summed E-state index contributed by atoms with van der Waals surface area (Å²) in [6, 6.07) is -0.623. The second kappa shape index (κ2) is 54.4. The van der Waals surface area contributed by atoms with E-state index in [1.54, 1.807) is 6.08 Å². The predicted octanol–water partition coefficient (Wildman–Crippen LogP) is 18.4. The first-order valence-electron chi connectivity index (χ1n) is 28.0. The molecule has 2 atom stereocenters. The van der Waals surface area contributed by atoms with Crippen molar-refractivity contribution in [2.75, 3.05) is 6.61 Å². The quantitative estimate of drug-likeness (QED) is 0.0421. The first-order chi connectivity index (χ1) is 31.2. The molecule has 0 aromatic rings. The Labute approximate surface area is 394 Å². The standard InChI is InChI=1S/C59H109NO3/c1-3-5-7-9-11-13-15-17-19-21-23-25-26-27-28-29-30-31-32-33-34-35-37-39-41-43-45-47-49-51-53-55-59(63)60-57(56-61)58(62)54-52-50-48-46-44-42-40-38-36-24-22-20-18-16-14-12-10-8-6-4-2/h5,7,11,13,17,19,23,25,52,54,57-58,61-62H,3-4,6,8-10,12,14-16,18,20-22,24,26-51,53,55-56H2,1-2H3,(H,60,63)/b7-5-,13-11-,19-17-,25-23-,54-52+. The Morgan fingerprint density at radius 2 is 0.698 bits per heavy atom. The molecule has 0 heterocycles. The van der Waals surface area contributed by atoms with Crippen LogP contribution in [0.25, 0.3) is 0 Å². The third-order valence-corrected chi connectivity index (χ3v) is 12.8. The van der Waals surface area contributed by atoms with E-state index in [-0.39, 0.29) is 12.5 Å². The van der Waals surface area contributed by atoms with Gasteiger partial charge >= 0.3 is 0 Å². The zero-order chi connectivity index (χ0) is 45.6. The average Bonchev–Trinajstić information content (AvgIpc) is 3.29. The molecule has 4 nitrogen and oxygen atoms in total. The molecule has 1 amide bonds. The summed E-state index contributed by atoms with van der Waals surface area (Å²) in [5.41, 5.74) is 0. The summed E-state index contributed by atoms with van der Waals surface area (Å²) in [4.78, 5) is 12.5. The van der Waals surface area contributed by atoms with Crippen LogP contribution in [-0.4, -0.2) is 34.9 Å². The molecule has 0 aliphatic rings. The fourth-order valence-corrected chi connectivity index (χ4v) is 8.53. The fourth-order valence-electron chi connectivity index (χ4n) is 8.53. The van der Waals surface area contributed by atoms with Gasteiger partial charge in [0.05, 0.1) is 18.8 Å². The highest BCUT2D eigenvalue weighted by atomic mass is 16.3. The number of unbranched alkanes of at least 4 members (excludes halogenated alkanes) is 36. The molecule has 368 valence electrons. The first-order valence-corrected chi connectivity index (χ1v) is 28.0. The summed E-state index contributed by atoms with van der Waals surface area (Å²) < 4.78 is 0. The fraction of sp³-hybridized carbons (Fsp3) is 0.814. The van der Waals surface area contributed by atoms with Gasteiger partial charge in [0.1, 0.15) is 0 Å². The maximum atomic E-state index is 12.5. The van der Waals surface area contributed by atoms with Gasteiger partial charge in [0, 0.05) is 6.42 Å². The molecule has 0 bridgehead atoms. The van der Waals surface area contributed by atoms with Gasteiger partial charge < -0.3 is 15.5 Å². The van der Waals surface area contributed by atoms with Gasteiger partial charge in [-0.25, -0.2) is 0 Å². The van der Waals surface area contributed by atoms with E-state index < -0.39 is 12.1 Å². The number of hydrogen-bond donors (Lipinski definition) is 3. The number of hydrogen-bond acceptors (Lipinski definition) is 3. The van der Waals surface area contributed by atoms with Gasteiger partial charge in [-0.2, -0.15) is 0 Å². The highest BCUT2D eigenvalue weighted by molar-refractivity contribution is 5.76. The Balaban J connectivity index is 3.48. The molecule has 0 radical (unpaired) electrons. The molecule has 63 heavy (non-hydrogen) atoms. The molecule has 0 aromatic carbocycles. The Hall–Kier alpha value is -1.91. The van der Waals surface area contributed by atoms with Crippen LogP contribution in [0.3, 0.4) is 0 Å². The summed E-state index contributed by atoms with van der Waals surface area (Å²) in [6.45, 7) is 4.22. The molecule has 3 N–H and O–H groups in total. The summed E-state index contributed by atoms with van der Waals surface area (Å²) in [7, 11) is 0. The summed E-state index contributed by atoms with van der Waals surface area (Å²) in [6.07, 6.45) is 76.7. The summed E-state index contributed by atoms with van der Waals surface area (Å²) in [5, 5.41) is 23.2. The van der Waals surface area contributed by atoms with Gasteiger partial charge in [-0.1, -0.05) is 286 Å². The lowest BCUT2D eigenvalue weighted by Gasteiger charge is -2.20. The van der Waals surface area contributed by atoms with Crippen molar-refractivity contribution in [3.8, 4) is 0 Å². The SMILES string of the molecule is CC/C=C\C/C=C\C/C=C\C/C=C\CCCCCCCCCCCCCCCCCCCCC(=O)NC(CO)C(O)/C=C/CCCCCCCCCCCCCCCCCCCC. The molecule has 0 fully saturated rings. The maximum Gasteiger partial charge on any atom is 0.220 e. The number of allylic oxidation sites excluding steroid dienone is 9. The number of rotatable bonds is 51. The number of nitrogens with one attached hydrogen (secondary N) is 1. The second-order valence-corrected chi connectivity index (χ2v) is 19.0. The molecule has 0 aliphatic carbocycles. The van der Waals surface area contributed by atoms with Crippen molar-refractivity contribution < 1.29 is 15.0 Å². The highest BCUT2D eigenvalue weighted by Gasteiger charge is 2.18. The minimum Gasteiger partial charge on any atom is -0.394 e. The van der Waals surface area contributed by atoms with E-state index in [0.717, 1.165) is 51.4 Å². The van der Waals surface area contributed by atoms with Crippen molar-refractivity contribution in [3.63, 3.8) is 0 Å². The highest BCUT2D eigenvalue weighted by Crippen LogP contribution is 2.17. The van der Waals surface area contributed by atoms with Crippen molar-refractivity contribution >= 4 is 5.91 Å². The largest absolute Gasteiger partial charge is 0.394 e. The van der Waals surface area contributed by atoms with Crippen LogP contribution in [0.5, 0.6) is 0 Å². The number of carbonyl (C=O) groups excluding carboxylic acids is 1. The predicted molar refractivity (Wildman–Crippen MR) is 281 cm³/mol. The molecule has 0 spiro atoms. The molecular formula is C59H109NO3. The number of aliphatic hydroxyl groups is 2. The molecule has 0 saturated carbocycles. The van der Waals surface area contributed by atoms with Crippen molar-refractivity contribution in [1.82, 2.24) is 5.32 Å². The third-order valence-electron chi connectivity index (χ3n) is 12.8. The van der Waals surface area contributed by atoms with Crippen molar-refractivity contribution in [1.29, 1.82) is 0 Å². The molecule has 0 aliphatic heterocycles. The summed E-state index contributed by atoms with van der Waals surface area (Å²) >= 11 is 0. The van der Waals surface area contributed by atoms with E-state index in [0.29, 0.717) is 6.42 Å². The van der Waals surface area contributed by atoms with Gasteiger partial charge in [0.15, 0.2) is 0 Å². The van der Waals surface area contributed by atoms with Crippen LogP contribution in [0.4, 0.5) is 0 Å². The Morgan fingerprint density at radius 3 is 1.05 bits per heavy atom. The normalized spacial score (nSPS) is 13.3. The number of amides is 1. The average molecular weight is 881 g/mol. The van der Waals surface area contributed by atoms with Crippen molar-refractivity contribution in [2.24, 2.45) is 0 Å². The van der Waals surface area contributed by atoms with Crippen LogP contribution in [0, 0.1) is 0 Å². The minimum atomic E-state index is -0.840. The topological polar surface area (TPSA) is 69.6 Å². The van der Waals surface area contributed by atoms with Crippen LogP contribution >= 0.6 is 0 Å². The van der Waals surface area contributed by atoms with Crippen LogP contribution in [0.15, 0.2) is 60.8 Å². The monoisotopic (exact) mass is 880 g/mol. The molecule has 0 aromatic heterocycles. The van der Waals surface area contributed by atoms with Crippen LogP contribution in [0.2, 0.25) is 0 Å². The molecule has 4 heteroatoms. The summed E-state index contributed by atoms with van der Waals surface area (Å²) in [5.74, 6) is -0.0609. The van der Waals surface area contributed by atoms with Crippen LogP contribution in [0.1, 0.15) is 290 Å². The van der Waals surface area contributed by atoms with Crippen molar-refractivity contribution in [3.05, 3.63) is 60.8 Å². The third kappa shape index (κ3) is 50.9. The first kappa shape index (κ1) is 61.1. The lowest BCUT2D eigenvalue weighted by molar-refractivity contribution is -0.123. The van der Waals surface area contributed by atoms with Crippen molar-refractivity contribution in [2.45, 2.75) is 302 Å². The van der Waals surface area contributed by atoms with E-state index in [4.69, 9.17) is 0 Å². The Kier molecular flexibility index (Phi) is 52.8. The zero-order valence-electron chi connectivity index (χ0n) is 42.3. The van der Waals surface area contributed by atoms with Gasteiger partial charge in [0.25, 0.3) is 0 Å². The smallest absolute Gasteiger partial charge is 0.220 e. The zero-order valence-corrected chi connectivity index (χ0v) is 42.3. The molecule has 0 rings (SSSR count). The molecule has 0 saturated heterocycles. The van der Waals surface area contributed by atoms with Crippen LogP contribution in [-0.2, 0) is 4.79 Å². The lowest BCUT2D eigenvalue weighted by Crippen LogP contribution is -2.45. The Morgan fingerprint density at radius 1 is 0.397 bits per heavy atom. The Bertz CT molecular complexity index is 1040. The number of carbonyl (C=O) groups is 1.